The van der Waals surface area contributed by atoms with Gasteiger partial charge in [-0.3, -0.25) is 14.2 Å². The third-order valence-electron chi connectivity index (χ3n) is 3.90. The van der Waals surface area contributed by atoms with Gasteiger partial charge in [-0.2, -0.15) is 0 Å². The third-order valence-corrected chi connectivity index (χ3v) is 3.90. The Morgan fingerprint density at radius 3 is 2.56 bits per heavy atom. The van der Waals surface area contributed by atoms with Crippen molar-refractivity contribution in [1.82, 2.24) is 14.9 Å². The predicted octanol–water partition coefficient (Wildman–Crippen LogP) is 2.88. The van der Waals surface area contributed by atoms with Crippen LogP contribution in [0.3, 0.4) is 0 Å². The average Bonchev–Trinajstić information content (AvgIpc) is 2.69. The van der Waals surface area contributed by atoms with E-state index in [0.29, 0.717) is 24.3 Å². The molecule has 2 aromatic carbocycles. The number of hydrogen-bond acceptors (Lipinski definition) is 3. The second-order valence-corrected chi connectivity index (χ2v) is 5.85. The Morgan fingerprint density at radius 2 is 1.85 bits per heavy atom. The maximum absolute atomic E-state index is 13.0. The van der Waals surface area contributed by atoms with Gasteiger partial charge in [0.1, 0.15) is 5.82 Å². The van der Waals surface area contributed by atoms with Gasteiger partial charge in [0.25, 0.3) is 5.56 Å². The van der Waals surface area contributed by atoms with Crippen molar-refractivity contribution in [2.24, 2.45) is 0 Å². The first-order chi connectivity index (χ1) is 13.1. The first kappa shape index (κ1) is 18.3. The Balaban J connectivity index is 1.55. The summed E-state index contributed by atoms with van der Waals surface area (Å²) < 4.78 is 14.4. The van der Waals surface area contributed by atoms with Crippen molar-refractivity contribution in [3.63, 3.8) is 0 Å². The van der Waals surface area contributed by atoms with Crippen LogP contribution in [0.5, 0.6) is 0 Å². The van der Waals surface area contributed by atoms with E-state index in [1.165, 1.54) is 35.2 Å². The standard InChI is InChI=1S/C21H18FN3O2/c22-18-9-7-17(8-10-18)19-14-21(27)25(15-24-19)13-12-23-20(26)11-6-16-4-2-1-3-5-16/h1-11,14-15H,12-13H2,(H,23,26)/b11-6+. The third kappa shape index (κ3) is 5.22. The lowest BCUT2D eigenvalue weighted by Crippen LogP contribution is -2.29. The highest BCUT2D eigenvalue weighted by molar-refractivity contribution is 5.91. The molecule has 0 spiro atoms. The molecule has 1 aromatic heterocycles. The van der Waals surface area contributed by atoms with Crippen LogP contribution in [0.15, 0.2) is 77.9 Å². The molecule has 27 heavy (non-hydrogen) atoms. The summed E-state index contributed by atoms with van der Waals surface area (Å²) in [5, 5.41) is 2.73. The van der Waals surface area contributed by atoms with Crippen molar-refractivity contribution in [2.45, 2.75) is 6.54 Å². The highest BCUT2D eigenvalue weighted by Gasteiger charge is 2.04. The molecular weight excluding hydrogens is 345 g/mol. The maximum Gasteiger partial charge on any atom is 0.253 e. The molecule has 136 valence electrons. The van der Waals surface area contributed by atoms with Crippen LogP contribution in [0.1, 0.15) is 5.56 Å². The molecule has 0 aliphatic rings. The van der Waals surface area contributed by atoms with E-state index in [4.69, 9.17) is 0 Å². The lowest BCUT2D eigenvalue weighted by atomic mass is 10.1. The van der Waals surface area contributed by atoms with E-state index in [-0.39, 0.29) is 17.3 Å². The minimum absolute atomic E-state index is 0.234. The van der Waals surface area contributed by atoms with Gasteiger partial charge in [-0.05, 0) is 35.9 Å². The number of nitrogens with zero attached hydrogens (tertiary/aromatic N) is 2. The minimum atomic E-state index is -0.343. The summed E-state index contributed by atoms with van der Waals surface area (Å²) in [5.41, 5.74) is 1.84. The zero-order valence-electron chi connectivity index (χ0n) is 14.5. The number of carbonyl (C=O) groups is 1. The molecular formula is C21H18FN3O2. The Hall–Kier alpha value is -3.54. The topological polar surface area (TPSA) is 64.0 Å². The van der Waals surface area contributed by atoms with Gasteiger partial charge in [-0.25, -0.2) is 9.37 Å². The van der Waals surface area contributed by atoms with E-state index >= 15 is 0 Å². The largest absolute Gasteiger partial charge is 0.351 e. The van der Waals surface area contributed by atoms with Crippen LogP contribution in [0, 0.1) is 5.82 Å². The SMILES string of the molecule is O=C(/C=C/c1ccccc1)NCCn1cnc(-c2ccc(F)cc2)cc1=O. The van der Waals surface area contributed by atoms with Crippen LogP contribution in [0.25, 0.3) is 17.3 Å². The van der Waals surface area contributed by atoms with Gasteiger partial charge in [-0.15, -0.1) is 0 Å². The first-order valence-corrected chi connectivity index (χ1v) is 8.45. The van der Waals surface area contributed by atoms with Crippen LogP contribution in [-0.4, -0.2) is 22.0 Å². The van der Waals surface area contributed by atoms with Gasteiger partial charge in [0.15, 0.2) is 0 Å². The molecule has 0 aliphatic heterocycles. The fraction of sp³-hybridized carbons (Fsp3) is 0.0952. The fourth-order valence-corrected chi connectivity index (χ4v) is 2.47. The number of halogens is 1. The zero-order chi connectivity index (χ0) is 19.1. The second kappa shape index (κ2) is 8.71. The molecule has 3 aromatic rings. The number of hydrogen-bond donors (Lipinski definition) is 1. The van der Waals surface area contributed by atoms with Crippen LogP contribution < -0.4 is 10.9 Å². The molecule has 5 nitrogen and oxygen atoms in total. The van der Waals surface area contributed by atoms with E-state index in [1.54, 1.807) is 18.2 Å². The Bertz CT molecular complexity index is 996. The summed E-state index contributed by atoms with van der Waals surface area (Å²) >= 11 is 0. The molecule has 0 saturated carbocycles. The van der Waals surface area contributed by atoms with E-state index in [1.807, 2.05) is 30.3 Å². The van der Waals surface area contributed by atoms with Crippen molar-refractivity contribution in [3.8, 4) is 11.3 Å². The second-order valence-electron chi connectivity index (χ2n) is 5.85. The van der Waals surface area contributed by atoms with Crippen LogP contribution in [0.4, 0.5) is 4.39 Å². The molecule has 1 amide bonds. The highest BCUT2D eigenvalue weighted by Crippen LogP contribution is 2.14. The summed E-state index contributed by atoms with van der Waals surface area (Å²) in [5.74, 6) is -0.577. The number of benzene rings is 2. The van der Waals surface area contributed by atoms with Gasteiger partial charge in [-0.1, -0.05) is 30.3 Å². The van der Waals surface area contributed by atoms with Gasteiger partial charge in [0.05, 0.1) is 12.0 Å². The van der Waals surface area contributed by atoms with Crippen molar-refractivity contribution >= 4 is 12.0 Å². The van der Waals surface area contributed by atoms with Gasteiger partial charge in [0.2, 0.25) is 5.91 Å². The van der Waals surface area contributed by atoms with Gasteiger partial charge in [0, 0.05) is 30.8 Å². The molecule has 0 unspecified atom stereocenters. The van der Waals surface area contributed by atoms with Crippen LogP contribution >= 0.6 is 0 Å². The van der Waals surface area contributed by atoms with E-state index in [0.717, 1.165) is 5.56 Å². The number of carbonyl (C=O) groups excluding carboxylic acids is 1. The predicted molar refractivity (Wildman–Crippen MR) is 102 cm³/mol. The van der Waals surface area contributed by atoms with Crippen molar-refractivity contribution in [1.29, 1.82) is 0 Å². The Morgan fingerprint density at radius 1 is 1.11 bits per heavy atom. The Kier molecular flexibility index (Phi) is 5.89. The first-order valence-electron chi connectivity index (χ1n) is 8.45. The van der Waals surface area contributed by atoms with Gasteiger partial charge >= 0.3 is 0 Å². The quantitative estimate of drug-likeness (QED) is 0.685. The monoisotopic (exact) mass is 363 g/mol. The van der Waals surface area contributed by atoms with Crippen LogP contribution in [0.2, 0.25) is 0 Å². The number of amides is 1. The summed E-state index contributed by atoms with van der Waals surface area (Å²) in [6.07, 6.45) is 4.60. The number of nitrogens with one attached hydrogen (secondary N) is 1. The van der Waals surface area contributed by atoms with Crippen molar-refractivity contribution in [3.05, 3.63) is 94.8 Å². The molecule has 1 heterocycles. The molecule has 6 heteroatoms. The lowest BCUT2D eigenvalue weighted by molar-refractivity contribution is -0.116. The summed E-state index contributed by atoms with van der Waals surface area (Å²) in [4.78, 5) is 28.2. The summed E-state index contributed by atoms with van der Waals surface area (Å²) in [6.45, 7) is 0.607. The molecule has 0 aliphatic carbocycles. The molecule has 1 N–H and O–H groups in total. The molecule has 0 fully saturated rings. The van der Waals surface area contributed by atoms with Crippen LogP contribution in [-0.2, 0) is 11.3 Å². The lowest BCUT2D eigenvalue weighted by Gasteiger charge is -2.07. The van der Waals surface area contributed by atoms with E-state index < -0.39 is 0 Å². The van der Waals surface area contributed by atoms with E-state index in [9.17, 15) is 14.0 Å². The normalized spacial score (nSPS) is 10.9. The number of aromatic nitrogens is 2. The van der Waals surface area contributed by atoms with Gasteiger partial charge < -0.3 is 5.32 Å². The number of rotatable bonds is 6. The molecule has 0 radical (unpaired) electrons. The maximum atomic E-state index is 13.0. The minimum Gasteiger partial charge on any atom is -0.351 e. The molecule has 0 saturated heterocycles. The fourth-order valence-electron chi connectivity index (χ4n) is 2.47. The Labute approximate surface area is 155 Å². The van der Waals surface area contributed by atoms with E-state index in [2.05, 4.69) is 10.3 Å². The average molecular weight is 363 g/mol. The molecule has 3 rings (SSSR count). The van der Waals surface area contributed by atoms with Crippen molar-refractivity contribution < 1.29 is 9.18 Å². The van der Waals surface area contributed by atoms with Crippen molar-refractivity contribution in [2.75, 3.05) is 6.54 Å². The smallest absolute Gasteiger partial charge is 0.253 e. The molecule has 0 atom stereocenters. The summed E-state index contributed by atoms with van der Waals surface area (Å²) in [7, 11) is 0. The zero-order valence-corrected chi connectivity index (χ0v) is 14.5. The summed E-state index contributed by atoms with van der Waals surface area (Å²) in [6, 6.07) is 16.7. The highest BCUT2D eigenvalue weighted by atomic mass is 19.1. The molecule has 0 bridgehead atoms.